The van der Waals surface area contributed by atoms with Gasteiger partial charge in [-0.15, -0.1) is 0 Å². The first-order chi connectivity index (χ1) is 9.72. The highest BCUT2D eigenvalue weighted by atomic mass is 16.5. The van der Waals surface area contributed by atoms with Gasteiger partial charge in [0.2, 0.25) is 0 Å². The van der Waals surface area contributed by atoms with E-state index < -0.39 is 0 Å². The number of hydrogen-bond donors (Lipinski definition) is 2. The van der Waals surface area contributed by atoms with Crippen LogP contribution in [0.2, 0.25) is 0 Å². The molecule has 0 bridgehead atoms. The van der Waals surface area contributed by atoms with Crippen LogP contribution >= 0.6 is 0 Å². The molecule has 1 aliphatic rings. The molecule has 0 aliphatic carbocycles. The van der Waals surface area contributed by atoms with Gasteiger partial charge in [-0.3, -0.25) is 9.98 Å². The molecule has 5 heteroatoms. The molecule has 3 rings (SSSR count). The Bertz CT molecular complexity index is 640. The summed E-state index contributed by atoms with van der Waals surface area (Å²) in [5, 5.41) is 3.29. The number of nitrogen functional groups attached to an aromatic ring is 1. The number of benzene rings is 1. The molecular formula is C15H16N4O. The fourth-order valence-corrected chi connectivity index (χ4v) is 2.06. The highest BCUT2D eigenvalue weighted by molar-refractivity contribution is 6.01. The molecule has 0 spiro atoms. The minimum Gasteiger partial charge on any atom is -0.481 e. The zero-order valence-electron chi connectivity index (χ0n) is 11.2. The minimum atomic E-state index is -0.124. The van der Waals surface area contributed by atoms with Crippen LogP contribution in [0.1, 0.15) is 12.5 Å². The van der Waals surface area contributed by atoms with Gasteiger partial charge in [-0.25, -0.2) is 0 Å². The third-order valence-corrected chi connectivity index (χ3v) is 3.11. The summed E-state index contributed by atoms with van der Waals surface area (Å²) in [6, 6.07) is 9.46. The largest absolute Gasteiger partial charge is 0.481 e. The van der Waals surface area contributed by atoms with Crippen LogP contribution in [0.25, 0.3) is 0 Å². The number of aliphatic imine (C=N–C) groups is 1. The van der Waals surface area contributed by atoms with E-state index in [1.165, 1.54) is 0 Å². The van der Waals surface area contributed by atoms with Crippen molar-refractivity contribution in [1.29, 1.82) is 0 Å². The lowest BCUT2D eigenvalue weighted by Gasteiger charge is -2.26. The summed E-state index contributed by atoms with van der Waals surface area (Å²) in [5.74, 6) is 1.57. The lowest BCUT2D eigenvalue weighted by molar-refractivity contribution is 0.282. The SMILES string of the molecule is CC1Oc2cc(N)ccc2NC1=NCc1cccnc1. The van der Waals surface area contributed by atoms with Gasteiger partial charge in [0.05, 0.1) is 12.2 Å². The second-order valence-corrected chi connectivity index (χ2v) is 4.70. The third-order valence-electron chi connectivity index (χ3n) is 3.11. The number of nitrogens with two attached hydrogens (primary N) is 1. The number of nitrogens with one attached hydrogen (secondary N) is 1. The summed E-state index contributed by atoms with van der Waals surface area (Å²) in [6.45, 7) is 2.54. The van der Waals surface area contributed by atoms with Crippen LogP contribution in [0.4, 0.5) is 11.4 Å². The third kappa shape index (κ3) is 2.56. The summed E-state index contributed by atoms with van der Waals surface area (Å²) < 4.78 is 5.82. The molecule has 3 N–H and O–H groups in total. The number of hydrogen-bond acceptors (Lipinski definition) is 4. The molecule has 1 aliphatic heterocycles. The van der Waals surface area contributed by atoms with Gasteiger partial charge in [0.1, 0.15) is 11.6 Å². The molecule has 5 nitrogen and oxygen atoms in total. The Kier molecular flexibility index (Phi) is 3.25. The second kappa shape index (κ2) is 5.21. The molecule has 102 valence electrons. The number of ether oxygens (including phenoxy) is 1. The van der Waals surface area contributed by atoms with E-state index >= 15 is 0 Å². The fraction of sp³-hybridized carbons (Fsp3) is 0.200. The van der Waals surface area contributed by atoms with Crippen molar-refractivity contribution < 1.29 is 4.74 Å². The number of rotatable bonds is 2. The molecule has 0 fully saturated rings. The maximum atomic E-state index is 5.82. The number of pyridine rings is 1. The summed E-state index contributed by atoms with van der Waals surface area (Å²) in [6.07, 6.45) is 3.44. The van der Waals surface area contributed by atoms with Gasteiger partial charge < -0.3 is 15.8 Å². The molecule has 20 heavy (non-hydrogen) atoms. The molecule has 2 heterocycles. The summed E-state index contributed by atoms with van der Waals surface area (Å²) >= 11 is 0. The lowest BCUT2D eigenvalue weighted by Crippen LogP contribution is -2.34. The van der Waals surface area contributed by atoms with Gasteiger partial charge in [-0.05, 0) is 30.7 Å². The average molecular weight is 268 g/mol. The highest BCUT2D eigenvalue weighted by Crippen LogP contribution is 2.31. The number of aromatic nitrogens is 1. The molecule has 1 atom stereocenters. The number of fused-ring (bicyclic) bond motifs is 1. The summed E-state index contributed by atoms with van der Waals surface area (Å²) in [7, 11) is 0. The first kappa shape index (κ1) is 12.5. The van der Waals surface area contributed by atoms with Crippen molar-refractivity contribution in [2.24, 2.45) is 4.99 Å². The number of amidine groups is 1. The first-order valence-electron chi connectivity index (χ1n) is 6.49. The quantitative estimate of drug-likeness (QED) is 0.821. The minimum absolute atomic E-state index is 0.124. The van der Waals surface area contributed by atoms with Crippen molar-refractivity contribution in [1.82, 2.24) is 4.98 Å². The summed E-state index contributed by atoms with van der Waals surface area (Å²) in [4.78, 5) is 8.64. The predicted molar refractivity (Wildman–Crippen MR) is 79.9 cm³/mol. The van der Waals surface area contributed by atoms with Crippen LogP contribution in [0.5, 0.6) is 5.75 Å². The topological polar surface area (TPSA) is 72.5 Å². The first-order valence-corrected chi connectivity index (χ1v) is 6.49. The van der Waals surface area contributed by atoms with Crippen LogP contribution in [-0.2, 0) is 6.54 Å². The zero-order valence-corrected chi connectivity index (χ0v) is 11.2. The lowest BCUT2D eigenvalue weighted by atomic mass is 10.2. The van der Waals surface area contributed by atoms with Crippen LogP contribution in [0.15, 0.2) is 47.7 Å². The maximum absolute atomic E-state index is 5.82. The van der Waals surface area contributed by atoms with E-state index in [-0.39, 0.29) is 6.10 Å². The molecule has 2 aromatic rings. The maximum Gasteiger partial charge on any atom is 0.153 e. The molecule has 1 aromatic heterocycles. The molecule has 1 aromatic carbocycles. The van der Waals surface area contributed by atoms with E-state index in [0.717, 1.165) is 22.8 Å². The molecular weight excluding hydrogens is 252 g/mol. The molecule has 1 unspecified atom stereocenters. The highest BCUT2D eigenvalue weighted by Gasteiger charge is 2.21. The normalized spacial score (nSPS) is 19.1. The van der Waals surface area contributed by atoms with Gasteiger partial charge in [-0.1, -0.05) is 6.07 Å². The van der Waals surface area contributed by atoms with Crippen molar-refractivity contribution in [2.75, 3.05) is 11.1 Å². The van der Waals surface area contributed by atoms with Crippen LogP contribution in [0.3, 0.4) is 0 Å². The Balaban J connectivity index is 1.80. The zero-order chi connectivity index (χ0) is 13.9. The standard InChI is InChI=1S/C15H16N4O/c1-10-15(18-9-11-3-2-6-17-8-11)19-13-5-4-12(16)7-14(13)20-10/h2-8,10H,9,16H2,1H3,(H,18,19). The van der Waals surface area contributed by atoms with Gasteiger partial charge in [0, 0.05) is 24.1 Å². The van der Waals surface area contributed by atoms with E-state index in [9.17, 15) is 0 Å². The van der Waals surface area contributed by atoms with Crippen molar-refractivity contribution in [3.8, 4) is 5.75 Å². The van der Waals surface area contributed by atoms with E-state index in [1.54, 1.807) is 6.20 Å². The second-order valence-electron chi connectivity index (χ2n) is 4.70. The van der Waals surface area contributed by atoms with Crippen molar-refractivity contribution in [2.45, 2.75) is 19.6 Å². The molecule has 0 radical (unpaired) electrons. The van der Waals surface area contributed by atoms with Crippen LogP contribution in [0, 0.1) is 0 Å². The Morgan fingerprint density at radius 1 is 1.40 bits per heavy atom. The van der Waals surface area contributed by atoms with Gasteiger partial charge in [-0.2, -0.15) is 0 Å². The fourth-order valence-electron chi connectivity index (χ4n) is 2.06. The van der Waals surface area contributed by atoms with Gasteiger partial charge in [0.15, 0.2) is 6.10 Å². The molecule has 0 saturated carbocycles. The monoisotopic (exact) mass is 268 g/mol. The van der Waals surface area contributed by atoms with Crippen molar-refractivity contribution >= 4 is 17.2 Å². The van der Waals surface area contributed by atoms with Crippen LogP contribution < -0.4 is 15.8 Å². The van der Waals surface area contributed by atoms with Crippen molar-refractivity contribution in [3.05, 3.63) is 48.3 Å². The number of anilines is 2. The number of nitrogens with zero attached hydrogens (tertiary/aromatic N) is 2. The van der Waals surface area contributed by atoms with Gasteiger partial charge >= 0.3 is 0 Å². The molecule has 0 amide bonds. The smallest absolute Gasteiger partial charge is 0.153 e. The predicted octanol–water partition coefficient (Wildman–Crippen LogP) is 2.46. The Hall–Kier alpha value is -2.56. The van der Waals surface area contributed by atoms with E-state index in [0.29, 0.717) is 12.2 Å². The Morgan fingerprint density at radius 2 is 2.30 bits per heavy atom. The average Bonchev–Trinajstić information content (AvgIpc) is 2.46. The summed E-state index contributed by atoms with van der Waals surface area (Å²) in [5.41, 5.74) is 8.40. The van der Waals surface area contributed by atoms with E-state index in [2.05, 4.69) is 15.3 Å². The molecule has 0 saturated heterocycles. The van der Waals surface area contributed by atoms with E-state index in [4.69, 9.17) is 10.5 Å². The van der Waals surface area contributed by atoms with Crippen molar-refractivity contribution in [3.63, 3.8) is 0 Å². The Morgan fingerprint density at radius 3 is 3.10 bits per heavy atom. The van der Waals surface area contributed by atoms with Crippen LogP contribution in [-0.4, -0.2) is 16.9 Å². The van der Waals surface area contributed by atoms with E-state index in [1.807, 2.05) is 43.5 Å². The Labute approximate surface area is 117 Å². The van der Waals surface area contributed by atoms with Gasteiger partial charge in [0.25, 0.3) is 0 Å².